The van der Waals surface area contributed by atoms with Gasteiger partial charge in [0.25, 0.3) is 0 Å². The number of hydrogen-bond donors (Lipinski definition) is 2. The van der Waals surface area contributed by atoms with Crippen LogP contribution in [-0.4, -0.2) is 17.8 Å². The van der Waals surface area contributed by atoms with Crippen molar-refractivity contribution in [2.45, 2.75) is 31.9 Å². The molecule has 2 aromatic rings. The zero-order valence-electron chi connectivity index (χ0n) is 12.0. The van der Waals surface area contributed by atoms with Gasteiger partial charge in [-0.25, -0.2) is 0 Å². The van der Waals surface area contributed by atoms with Crippen molar-refractivity contribution >= 4 is 0 Å². The minimum atomic E-state index is -0.304. The molecule has 0 fully saturated rings. The van der Waals surface area contributed by atoms with Crippen LogP contribution in [0.4, 0.5) is 0 Å². The van der Waals surface area contributed by atoms with Crippen LogP contribution in [0, 0.1) is 0 Å². The standard InChI is InChI=1S/C18H23NO/c1-15(17-10-6-3-7-11-17)19-14-18(20)13-12-16-8-4-2-5-9-16/h2-11,15,18-20H,12-14H2,1H3/t15-,18?/m0/s1. The van der Waals surface area contributed by atoms with Crippen LogP contribution in [0.5, 0.6) is 0 Å². The minimum absolute atomic E-state index is 0.266. The first kappa shape index (κ1) is 14.8. The molecule has 20 heavy (non-hydrogen) atoms. The molecule has 0 aliphatic rings. The summed E-state index contributed by atoms with van der Waals surface area (Å²) in [6.07, 6.45) is 1.41. The third kappa shape index (κ3) is 4.80. The number of hydrogen-bond acceptors (Lipinski definition) is 2. The molecule has 1 unspecified atom stereocenters. The first-order valence-electron chi connectivity index (χ1n) is 7.26. The largest absolute Gasteiger partial charge is 0.392 e. The van der Waals surface area contributed by atoms with Crippen LogP contribution >= 0.6 is 0 Å². The normalized spacial score (nSPS) is 13.9. The van der Waals surface area contributed by atoms with Crippen molar-refractivity contribution in [3.05, 3.63) is 71.8 Å². The fourth-order valence-electron chi connectivity index (χ4n) is 2.25. The Morgan fingerprint density at radius 3 is 2.20 bits per heavy atom. The highest BCUT2D eigenvalue weighted by molar-refractivity contribution is 5.18. The van der Waals surface area contributed by atoms with Gasteiger partial charge in [-0.2, -0.15) is 0 Å². The van der Waals surface area contributed by atoms with Crippen molar-refractivity contribution in [3.63, 3.8) is 0 Å². The third-order valence-corrected chi connectivity index (χ3v) is 3.57. The molecule has 2 nitrogen and oxygen atoms in total. The van der Waals surface area contributed by atoms with E-state index in [2.05, 4.69) is 36.5 Å². The molecule has 0 amide bonds. The lowest BCUT2D eigenvalue weighted by Gasteiger charge is -2.17. The Labute approximate surface area is 121 Å². The smallest absolute Gasteiger partial charge is 0.0668 e. The van der Waals surface area contributed by atoms with Gasteiger partial charge in [-0.15, -0.1) is 0 Å². The maximum Gasteiger partial charge on any atom is 0.0668 e. The zero-order chi connectivity index (χ0) is 14.2. The van der Waals surface area contributed by atoms with E-state index < -0.39 is 0 Å². The Balaban J connectivity index is 1.71. The summed E-state index contributed by atoms with van der Waals surface area (Å²) in [5, 5.41) is 13.4. The summed E-state index contributed by atoms with van der Waals surface area (Å²) < 4.78 is 0. The summed E-state index contributed by atoms with van der Waals surface area (Å²) >= 11 is 0. The number of benzene rings is 2. The van der Waals surface area contributed by atoms with Crippen LogP contribution < -0.4 is 5.32 Å². The molecule has 0 spiro atoms. The highest BCUT2D eigenvalue weighted by Gasteiger charge is 2.08. The van der Waals surface area contributed by atoms with Crippen molar-refractivity contribution in [2.24, 2.45) is 0 Å². The van der Waals surface area contributed by atoms with Crippen molar-refractivity contribution in [2.75, 3.05) is 6.54 Å². The summed E-state index contributed by atoms with van der Waals surface area (Å²) in [4.78, 5) is 0. The van der Waals surface area contributed by atoms with Crippen LogP contribution in [0.1, 0.15) is 30.5 Å². The van der Waals surface area contributed by atoms with E-state index in [-0.39, 0.29) is 12.1 Å². The first-order chi connectivity index (χ1) is 9.75. The maximum absolute atomic E-state index is 10.0. The monoisotopic (exact) mass is 269 g/mol. The van der Waals surface area contributed by atoms with Gasteiger partial charge in [-0.3, -0.25) is 0 Å². The summed E-state index contributed by atoms with van der Waals surface area (Å²) in [5.41, 5.74) is 2.53. The Morgan fingerprint density at radius 2 is 1.55 bits per heavy atom. The SMILES string of the molecule is C[C@H](NCC(O)CCc1ccccc1)c1ccccc1. The summed E-state index contributed by atoms with van der Waals surface area (Å²) in [6.45, 7) is 2.75. The van der Waals surface area contributed by atoms with E-state index in [0.29, 0.717) is 6.54 Å². The zero-order valence-corrected chi connectivity index (χ0v) is 12.0. The highest BCUT2D eigenvalue weighted by atomic mass is 16.3. The average Bonchev–Trinajstić information content (AvgIpc) is 2.52. The van der Waals surface area contributed by atoms with Gasteiger partial charge in [0.05, 0.1) is 6.10 Å². The van der Waals surface area contributed by atoms with Gasteiger partial charge in [-0.1, -0.05) is 60.7 Å². The molecule has 0 bridgehead atoms. The minimum Gasteiger partial charge on any atom is -0.392 e. The number of aryl methyl sites for hydroxylation is 1. The van der Waals surface area contributed by atoms with E-state index in [1.54, 1.807) is 0 Å². The quantitative estimate of drug-likeness (QED) is 0.808. The van der Waals surface area contributed by atoms with Gasteiger partial charge in [-0.05, 0) is 30.9 Å². The van der Waals surface area contributed by atoms with E-state index in [4.69, 9.17) is 0 Å². The maximum atomic E-state index is 10.0. The topological polar surface area (TPSA) is 32.3 Å². The number of aliphatic hydroxyl groups excluding tert-OH is 1. The molecule has 2 aromatic carbocycles. The molecule has 0 radical (unpaired) electrons. The van der Waals surface area contributed by atoms with E-state index in [1.165, 1.54) is 11.1 Å². The Kier molecular flexibility index (Phi) is 5.78. The van der Waals surface area contributed by atoms with Gasteiger partial charge in [0.15, 0.2) is 0 Å². The number of nitrogens with one attached hydrogen (secondary N) is 1. The lowest BCUT2D eigenvalue weighted by Crippen LogP contribution is -2.29. The van der Waals surface area contributed by atoms with Crippen LogP contribution in [0.15, 0.2) is 60.7 Å². The van der Waals surface area contributed by atoms with E-state index in [0.717, 1.165) is 12.8 Å². The van der Waals surface area contributed by atoms with E-state index in [1.807, 2.05) is 36.4 Å². The molecule has 0 saturated carbocycles. The van der Waals surface area contributed by atoms with Crippen LogP contribution in [0.2, 0.25) is 0 Å². The lowest BCUT2D eigenvalue weighted by molar-refractivity contribution is 0.158. The average molecular weight is 269 g/mol. The summed E-state index contributed by atoms with van der Waals surface area (Å²) in [6, 6.07) is 20.9. The predicted octanol–water partition coefficient (Wildman–Crippen LogP) is 3.33. The molecule has 0 heterocycles. The molecule has 0 aliphatic heterocycles. The third-order valence-electron chi connectivity index (χ3n) is 3.57. The van der Waals surface area contributed by atoms with Crippen molar-refractivity contribution in [3.8, 4) is 0 Å². The molecule has 0 aliphatic carbocycles. The van der Waals surface area contributed by atoms with E-state index in [9.17, 15) is 5.11 Å². The number of rotatable bonds is 7. The molecule has 106 valence electrons. The molecular weight excluding hydrogens is 246 g/mol. The van der Waals surface area contributed by atoms with Crippen molar-refractivity contribution in [1.82, 2.24) is 5.32 Å². The van der Waals surface area contributed by atoms with Crippen LogP contribution in [0.3, 0.4) is 0 Å². The van der Waals surface area contributed by atoms with E-state index >= 15 is 0 Å². The molecular formula is C18H23NO. The fourth-order valence-corrected chi connectivity index (χ4v) is 2.25. The van der Waals surface area contributed by atoms with Gasteiger partial charge < -0.3 is 10.4 Å². The van der Waals surface area contributed by atoms with Crippen molar-refractivity contribution in [1.29, 1.82) is 0 Å². The second kappa shape index (κ2) is 7.83. The van der Waals surface area contributed by atoms with Crippen LogP contribution in [-0.2, 0) is 6.42 Å². The van der Waals surface area contributed by atoms with Gasteiger partial charge in [0, 0.05) is 12.6 Å². The fraction of sp³-hybridized carbons (Fsp3) is 0.333. The summed E-state index contributed by atoms with van der Waals surface area (Å²) in [7, 11) is 0. The molecule has 2 atom stereocenters. The molecule has 2 heteroatoms. The lowest BCUT2D eigenvalue weighted by atomic mass is 10.1. The second-order valence-corrected chi connectivity index (χ2v) is 5.22. The predicted molar refractivity (Wildman–Crippen MR) is 83.6 cm³/mol. The molecule has 0 saturated heterocycles. The molecule has 2 rings (SSSR count). The highest BCUT2D eigenvalue weighted by Crippen LogP contribution is 2.11. The summed E-state index contributed by atoms with van der Waals surface area (Å²) in [5.74, 6) is 0. The second-order valence-electron chi connectivity index (χ2n) is 5.22. The molecule has 0 aromatic heterocycles. The van der Waals surface area contributed by atoms with Crippen molar-refractivity contribution < 1.29 is 5.11 Å². The Hall–Kier alpha value is -1.64. The molecule has 2 N–H and O–H groups in total. The number of aliphatic hydroxyl groups is 1. The van der Waals surface area contributed by atoms with Crippen LogP contribution in [0.25, 0.3) is 0 Å². The Morgan fingerprint density at radius 1 is 0.950 bits per heavy atom. The van der Waals surface area contributed by atoms with Gasteiger partial charge >= 0.3 is 0 Å². The Bertz CT molecular complexity index is 483. The first-order valence-corrected chi connectivity index (χ1v) is 7.26. The van der Waals surface area contributed by atoms with Gasteiger partial charge in [0.1, 0.15) is 0 Å². The van der Waals surface area contributed by atoms with Gasteiger partial charge in [0.2, 0.25) is 0 Å².